The molecular formula is C22H38N4O4. The van der Waals surface area contributed by atoms with E-state index in [0.717, 1.165) is 18.8 Å². The van der Waals surface area contributed by atoms with Gasteiger partial charge >= 0.3 is 5.97 Å². The first-order chi connectivity index (χ1) is 14.1. The van der Waals surface area contributed by atoms with E-state index in [1.54, 1.807) is 11.9 Å². The van der Waals surface area contributed by atoms with Gasteiger partial charge in [0.25, 0.3) is 0 Å². The minimum absolute atomic E-state index is 0.118. The van der Waals surface area contributed by atoms with E-state index in [1.807, 2.05) is 20.8 Å². The van der Waals surface area contributed by atoms with Crippen LogP contribution in [0.4, 0.5) is 0 Å². The van der Waals surface area contributed by atoms with E-state index in [0.29, 0.717) is 18.3 Å². The smallest absolute Gasteiger partial charge is 0.307 e. The third-order valence-corrected chi connectivity index (χ3v) is 5.39. The molecule has 1 fully saturated rings. The molecule has 1 aromatic rings. The number of likely N-dealkylation sites (N-methyl/N-ethyl adjacent to an activating group) is 1. The number of nitrogens with zero attached hydrogens (tertiary/aromatic N) is 3. The first-order valence-corrected chi connectivity index (χ1v) is 11.1. The Morgan fingerprint density at radius 1 is 1.27 bits per heavy atom. The average molecular weight is 423 g/mol. The van der Waals surface area contributed by atoms with Crippen molar-refractivity contribution in [2.75, 3.05) is 13.6 Å². The molecule has 0 aliphatic heterocycles. The topological polar surface area (TPSA) is 112 Å². The zero-order chi connectivity index (χ0) is 22.1. The van der Waals surface area contributed by atoms with Gasteiger partial charge in [-0.3, -0.25) is 14.5 Å². The third-order valence-electron chi connectivity index (χ3n) is 5.39. The van der Waals surface area contributed by atoms with Crippen molar-refractivity contribution in [3.8, 4) is 0 Å². The Hall–Kier alpha value is -1.96. The number of carbonyl (C=O) groups is 2. The highest BCUT2D eigenvalue weighted by Crippen LogP contribution is 2.31. The molecule has 170 valence electrons. The summed E-state index contributed by atoms with van der Waals surface area (Å²) in [6.45, 7) is 6.06. The summed E-state index contributed by atoms with van der Waals surface area (Å²) >= 11 is 0. The monoisotopic (exact) mass is 422 g/mol. The molecule has 1 saturated carbocycles. The van der Waals surface area contributed by atoms with Gasteiger partial charge < -0.3 is 15.0 Å². The number of hydrogen-bond donors (Lipinski definition) is 1. The van der Waals surface area contributed by atoms with Crippen molar-refractivity contribution < 1.29 is 18.8 Å². The van der Waals surface area contributed by atoms with Crippen molar-refractivity contribution in [1.29, 1.82) is 0 Å². The van der Waals surface area contributed by atoms with Crippen molar-refractivity contribution in [1.82, 2.24) is 15.0 Å². The van der Waals surface area contributed by atoms with Crippen molar-refractivity contribution in [3.63, 3.8) is 0 Å². The Labute approximate surface area is 179 Å². The zero-order valence-corrected chi connectivity index (χ0v) is 19.0. The summed E-state index contributed by atoms with van der Waals surface area (Å²) in [7, 11) is 1.77. The molecule has 1 aliphatic rings. The van der Waals surface area contributed by atoms with Crippen LogP contribution in [0.3, 0.4) is 0 Å². The van der Waals surface area contributed by atoms with Crippen molar-refractivity contribution in [2.45, 2.75) is 96.6 Å². The second kappa shape index (κ2) is 11.4. The van der Waals surface area contributed by atoms with E-state index in [4.69, 9.17) is 15.0 Å². The van der Waals surface area contributed by atoms with Crippen LogP contribution in [0.1, 0.15) is 96.2 Å². The van der Waals surface area contributed by atoms with E-state index < -0.39 is 11.5 Å². The van der Waals surface area contributed by atoms with Gasteiger partial charge in [-0.05, 0) is 40.2 Å². The fraction of sp³-hybridized carbons (Fsp3) is 0.818. The highest BCUT2D eigenvalue weighted by atomic mass is 16.6. The average Bonchev–Trinajstić information content (AvgIpc) is 3.07. The lowest BCUT2D eigenvalue weighted by atomic mass is 9.84. The van der Waals surface area contributed by atoms with Crippen LogP contribution in [0, 0.1) is 5.92 Å². The number of carbonyl (C=O) groups excluding carboxylic acids is 2. The summed E-state index contributed by atoms with van der Waals surface area (Å²) in [5.41, 5.74) is 4.70. The number of amides is 1. The van der Waals surface area contributed by atoms with Crippen LogP contribution in [-0.2, 0) is 20.9 Å². The molecule has 0 bridgehead atoms. The van der Waals surface area contributed by atoms with Crippen molar-refractivity contribution >= 4 is 11.9 Å². The van der Waals surface area contributed by atoms with Crippen molar-refractivity contribution in [2.24, 2.45) is 11.7 Å². The highest BCUT2D eigenvalue weighted by molar-refractivity contribution is 5.75. The fourth-order valence-electron chi connectivity index (χ4n) is 4.09. The first kappa shape index (κ1) is 24.3. The normalized spacial score (nSPS) is 16.6. The van der Waals surface area contributed by atoms with Crippen LogP contribution >= 0.6 is 0 Å². The first-order valence-electron chi connectivity index (χ1n) is 11.1. The predicted molar refractivity (Wildman–Crippen MR) is 113 cm³/mol. The molecule has 0 saturated heterocycles. The van der Waals surface area contributed by atoms with Gasteiger partial charge in [0.15, 0.2) is 5.82 Å². The number of aromatic nitrogens is 2. The molecule has 2 N–H and O–H groups in total. The third kappa shape index (κ3) is 9.24. The molecule has 1 unspecified atom stereocenters. The SMILES string of the molecule is CN(CC(N)=O)Cc1noc(C(CCCC2CCCCC2)CC(=O)OC(C)(C)C)n1. The highest BCUT2D eigenvalue weighted by Gasteiger charge is 2.26. The minimum Gasteiger partial charge on any atom is -0.460 e. The fourth-order valence-corrected chi connectivity index (χ4v) is 4.09. The molecule has 0 aromatic carbocycles. The quantitative estimate of drug-likeness (QED) is 0.543. The molecule has 30 heavy (non-hydrogen) atoms. The minimum atomic E-state index is -0.527. The van der Waals surface area contributed by atoms with Gasteiger partial charge in [-0.15, -0.1) is 0 Å². The van der Waals surface area contributed by atoms with Gasteiger partial charge in [0.2, 0.25) is 11.8 Å². The number of primary amides is 1. The van der Waals surface area contributed by atoms with Gasteiger partial charge in [0.05, 0.1) is 19.5 Å². The van der Waals surface area contributed by atoms with Gasteiger partial charge in [-0.1, -0.05) is 50.1 Å². The van der Waals surface area contributed by atoms with Crippen LogP contribution in [0.5, 0.6) is 0 Å². The molecule has 0 radical (unpaired) electrons. The molecular weight excluding hydrogens is 384 g/mol. The number of nitrogens with two attached hydrogens (primary N) is 1. The van der Waals surface area contributed by atoms with E-state index in [9.17, 15) is 9.59 Å². The number of hydrogen-bond acceptors (Lipinski definition) is 7. The Balaban J connectivity index is 1.98. The van der Waals surface area contributed by atoms with E-state index in [-0.39, 0.29) is 24.9 Å². The predicted octanol–water partition coefficient (Wildman–Crippen LogP) is 3.55. The Kier molecular flexibility index (Phi) is 9.27. The molecule has 1 amide bonds. The molecule has 8 nitrogen and oxygen atoms in total. The zero-order valence-electron chi connectivity index (χ0n) is 19.0. The number of rotatable bonds is 11. The lowest BCUT2D eigenvalue weighted by Crippen LogP contribution is -2.30. The second-order valence-corrected chi connectivity index (χ2v) is 9.61. The van der Waals surface area contributed by atoms with Crippen LogP contribution < -0.4 is 5.73 Å². The van der Waals surface area contributed by atoms with E-state index in [1.165, 1.54) is 38.5 Å². The summed E-state index contributed by atoms with van der Waals surface area (Å²) in [4.78, 5) is 29.7. The van der Waals surface area contributed by atoms with Crippen LogP contribution in [0.15, 0.2) is 4.52 Å². The molecule has 2 rings (SSSR count). The Morgan fingerprint density at radius 3 is 2.60 bits per heavy atom. The largest absolute Gasteiger partial charge is 0.460 e. The summed E-state index contributed by atoms with van der Waals surface area (Å²) in [5.74, 6) is 0.914. The molecule has 8 heteroatoms. The molecule has 1 aliphatic carbocycles. The van der Waals surface area contributed by atoms with Crippen LogP contribution in [0.25, 0.3) is 0 Å². The summed E-state index contributed by atoms with van der Waals surface area (Å²) in [5, 5.41) is 4.03. The number of esters is 1. The number of ether oxygens (including phenoxy) is 1. The molecule has 1 aromatic heterocycles. The molecule has 0 spiro atoms. The summed E-state index contributed by atoms with van der Waals surface area (Å²) < 4.78 is 11.0. The van der Waals surface area contributed by atoms with E-state index in [2.05, 4.69) is 10.1 Å². The maximum Gasteiger partial charge on any atom is 0.307 e. The molecule has 1 heterocycles. The maximum atomic E-state index is 12.4. The summed E-state index contributed by atoms with van der Waals surface area (Å²) in [6, 6.07) is 0. The van der Waals surface area contributed by atoms with E-state index >= 15 is 0 Å². The summed E-state index contributed by atoms with van der Waals surface area (Å²) in [6.07, 6.45) is 9.88. The Morgan fingerprint density at radius 2 is 1.97 bits per heavy atom. The second-order valence-electron chi connectivity index (χ2n) is 9.61. The lowest BCUT2D eigenvalue weighted by molar-refractivity contribution is -0.155. The van der Waals surface area contributed by atoms with Gasteiger partial charge in [-0.25, -0.2) is 0 Å². The van der Waals surface area contributed by atoms with Crippen LogP contribution in [-0.4, -0.2) is 46.1 Å². The van der Waals surface area contributed by atoms with Gasteiger partial charge in [0.1, 0.15) is 5.60 Å². The van der Waals surface area contributed by atoms with Crippen molar-refractivity contribution in [3.05, 3.63) is 11.7 Å². The molecule has 1 atom stereocenters. The standard InChI is InChI=1S/C22H38N4O4/c1-22(2,3)29-20(28)13-17(12-8-11-16-9-6-5-7-10-16)21-24-19(25-30-21)15-26(4)14-18(23)27/h16-17H,5-15H2,1-4H3,(H2,23,27). The van der Waals surface area contributed by atoms with Crippen LogP contribution in [0.2, 0.25) is 0 Å². The van der Waals surface area contributed by atoms with Gasteiger partial charge in [-0.2, -0.15) is 4.98 Å². The lowest BCUT2D eigenvalue weighted by Gasteiger charge is -2.23. The maximum absolute atomic E-state index is 12.4. The van der Waals surface area contributed by atoms with Gasteiger partial charge in [0, 0.05) is 5.92 Å². The Bertz CT molecular complexity index is 677.